The van der Waals surface area contributed by atoms with E-state index in [1.165, 1.54) is 257 Å². The molecule has 90 heavy (non-hydrogen) atoms. The van der Waals surface area contributed by atoms with Crippen molar-refractivity contribution >= 4 is 11.9 Å². The Morgan fingerprint density at radius 2 is 0.767 bits per heavy atom. The maximum Gasteiger partial charge on any atom is 0.305 e. The van der Waals surface area contributed by atoms with Crippen molar-refractivity contribution in [1.29, 1.82) is 0 Å². The van der Waals surface area contributed by atoms with Crippen LogP contribution in [-0.4, -0.2) is 100 Å². The molecule has 1 aliphatic heterocycles. The van der Waals surface area contributed by atoms with Crippen LogP contribution in [-0.2, 0) is 23.8 Å². The fourth-order valence-corrected chi connectivity index (χ4v) is 11.7. The number of amides is 1. The number of carbonyl (C=O) groups excluding carboxylic acids is 2. The van der Waals surface area contributed by atoms with Gasteiger partial charge < -0.3 is 45.1 Å². The van der Waals surface area contributed by atoms with Gasteiger partial charge in [-0.15, -0.1) is 0 Å². The minimum Gasteiger partial charge on any atom is -0.466 e. The summed E-state index contributed by atoms with van der Waals surface area (Å²) in [5.41, 5.74) is 0. The molecule has 1 aliphatic rings. The first-order chi connectivity index (χ1) is 44.2. The minimum absolute atomic E-state index is 0.00505. The number of rotatable bonds is 67. The standard InChI is InChI=1S/C79H143NO10/c1-3-5-7-9-11-13-15-17-43-47-51-55-59-63-67-75(84)88-68-64-60-56-52-48-44-40-38-36-34-32-30-28-26-24-22-20-18-19-21-23-25-27-29-31-33-35-37-39-42-46-50-54-58-62-66-74(83)80-71(70-89-79-78(87)77(86)76(85)73(69-81)90-79)72(82)65-61-57-53-49-45-41-16-14-12-10-8-6-4-2/h9,11,15,17,20,22,26,28,45,49,61,65,71-73,76-79,81-82,85-87H,3-8,10,12-14,16,18-19,21,23-25,27,29-44,46-48,50-60,62-64,66-70H2,1-2H3,(H,80,83)/b11-9-,17-15-,22-20-,28-26-,49-45+,65-61+. The maximum atomic E-state index is 13.1. The number of hydrogen-bond donors (Lipinski definition) is 6. The number of aliphatic hydroxyl groups is 5. The highest BCUT2D eigenvalue weighted by atomic mass is 16.7. The molecule has 11 nitrogen and oxygen atoms in total. The van der Waals surface area contributed by atoms with Crippen LogP contribution in [0.1, 0.15) is 354 Å². The lowest BCUT2D eigenvalue weighted by Gasteiger charge is -2.40. The summed E-state index contributed by atoms with van der Waals surface area (Å²) < 4.78 is 16.7. The molecule has 1 rings (SSSR count). The van der Waals surface area contributed by atoms with Gasteiger partial charge in [-0.25, -0.2) is 0 Å². The zero-order chi connectivity index (χ0) is 65.1. The SMILES string of the molecule is CCCC/C=C\C/C=C\CCCCCCCC(=O)OCCCCCCCCCCCCC/C=C\C/C=C\CCCCCCCCCCCCCCCCCCCC(=O)NC(COC1OC(CO)C(O)C(O)C1O)C(O)/C=C/CC/C=C/CCCCCCCCC. The lowest BCUT2D eigenvalue weighted by Crippen LogP contribution is -2.60. The molecular weight excluding hydrogens is 1120 g/mol. The number of aliphatic hydroxyl groups excluding tert-OH is 5. The van der Waals surface area contributed by atoms with Crippen LogP contribution in [0.15, 0.2) is 72.9 Å². The zero-order valence-electron chi connectivity index (χ0n) is 58.3. The summed E-state index contributed by atoms with van der Waals surface area (Å²) in [6, 6.07) is -0.827. The van der Waals surface area contributed by atoms with Crippen LogP contribution in [0, 0.1) is 0 Å². The summed E-state index contributed by atoms with van der Waals surface area (Å²) in [4.78, 5) is 25.1. The van der Waals surface area contributed by atoms with E-state index in [1.807, 2.05) is 6.08 Å². The molecule has 7 atom stereocenters. The lowest BCUT2D eigenvalue weighted by atomic mass is 9.99. The average molecular weight is 1270 g/mol. The normalized spacial score (nSPS) is 18.1. The van der Waals surface area contributed by atoms with Crippen LogP contribution in [0.25, 0.3) is 0 Å². The van der Waals surface area contributed by atoms with Crippen molar-refractivity contribution in [1.82, 2.24) is 5.32 Å². The molecule has 0 bridgehead atoms. The summed E-state index contributed by atoms with van der Waals surface area (Å²) >= 11 is 0. The Hall–Kier alpha value is -2.90. The van der Waals surface area contributed by atoms with Crippen LogP contribution in [0.2, 0.25) is 0 Å². The molecule has 1 heterocycles. The third kappa shape index (κ3) is 55.5. The summed E-state index contributed by atoms with van der Waals surface area (Å²) in [7, 11) is 0. The van der Waals surface area contributed by atoms with Crippen molar-refractivity contribution in [3.05, 3.63) is 72.9 Å². The number of unbranched alkanes of at least 4 members (excludes halogenated alkanes) is 43. The predicted molar refractivity (Wildman–Crippen MR) is 380 cm³/mol. The first-order valence-electron chi connectivity index (χ1n) is 38.2. The van der Waals surface area contributed by atoms with Crippen LogP contribution in [0.3, 0.4) is 0 Å². The number of carbonyl (C=O) groups is 2. The Labute approximate surface area is 553 Å². The van der Waals surface area contributed by atoms with E-state index in [1.54, 1.807) is 6.08 Å². The fourth-order valence-electron chi connectivity index (χ4n) is 11.7. The van der Waals surface area contributed by atoms with Gasteiger partial charge in [0.15, 0.2) is 6.29 Å². The second-order valence-electron chi connectivity index (χ2n) is 26.3. The quantitative estimate of drug-likeness (QED) is 0.0195. The number of esters is 1. The molecule has 1 saturated heterocycles. The highest BCUT2D eigenvalue weighted by molar-refractivity contribution is 5.76. The molecule has 6 N–H and O–H groups in total. The van der Waals surface area contributed by atoms with Crippen LogP contribution in [0.4, 0.5) is 0 Å². The van der Waals surface area contributed by atoms with Crippen molar-refractivity contribution in [2.75, 3.05) is 19.8 Å². The molecule has 1 amide bonds. The summed E-state index contributed by atoms with van der Waals surface area (Å²) in [6.07, 6.45) is 82.0. The van der Waals surface area contributed by atoms with Gasteiger partial charge in [0.2, 0.25) is 5.91 Å². The van der Waals surface area contributed by atoms with E-state index in [2.05, 4.69) is 79.9 Å². The molecule has 7 unspecified atom stereocenters. The smallest absolute Gasteiger partial charge is 0.305 e. The van der Waals surface area contributed by atoms with E-state index in [-0.39, 0.29) is 18.5 Å². The molecule has 0 saturated carbocycles. The maximum absolute atomic E-state index is 13.1. The number of nitrogens with one attached hydrogen (secondary N) is 1. The van der Waals surface area contributed by atoms with Crippen LogP contribution < -0.4 is 5.32 Å². The van der Waals surface area contributed by atoms with E-state index in [9.17, 15) is 35.1 Å². The van der Waals surface area contributed by atoms with Gasteiger partial charge in [-0.05, 0) is 103 Å². The summed E-state index contributed by atoms with van der Waals surface area (Å²) in [5, 5.41) is 54.5. The molecule has 0 spiro atoms. The van der Waals surface area contributed by atoms with Gasteiger partial charge in [-0.3, -0.25) is 9.59 Å². The van der Waals surface area contributed by atoms with Crippen molar-refractivity contribution in [2.24, 2.45) is 0 Å². The van der Waals surface area contributed by atoms with E-state index in [4.69, 9.17) is 14.2 Å². The molecule has 524 valence electrons. The number of allylic oxidation sites excluding steroid dienone is 11. The predicted octanol–water partition coefficient (Wildman–Crippen LogP) is 20.2. The second-order valence-corrected chi connectivity index (χ2v) is 26.3. The van der Waals surface area contributed by atoms with Gasteiger partial charge in [0.25, 0.3) is 0 Å². The molecule has 1 fully saturated rings. The Bertz CT molecular complexity index is 1730. The van der Waals surface area contributed by atoms with Crippen molar-refractivity contribution in [3.63, 3.8) is 0 Å². The van der Waals surface area contributed by atoms with E-state index < -0.39 is 49.5 Å². The number of hydrogen-bond acceptors (Lipinski definition) is 10. The van der Waals surface area contributed by atoms with Crippen molar-refractivity contribution in [3.8, 4) is 0 Å². The highest BCUT2D eigenvalue weighted by Gasteiger charge is 2.44. The van der Waals surface area contributed by atoms with Crippen LogP contribution >= 0.6 is 0 Å². The molecule has 11 heteroatoms. The Morgan fingerprint density at radius 3 is 1.20 bits per heavy atom. The Morgan fingerprint density at radius 1 is 0.411 bits per heavy atom. The third-order valence-corrected chi connectivity index (χ3v) is 17.8. The largest absolute Gasteiger partial charge is 0.466 e. The number of ether oxygens (including phenoxy) is 3. The minimum atomic E-state index is -1.58. The zero-order valence-corrected chi connectivity index (χ0v) is 58.3. The Kier molecular flexibility index (Phi) is 63.9. The molecule has 0 aromatic heterocycles. The van der Waals surface area contributed by atoms with Gasteiger partial charge in [0, 0.05) is 12.8 Å². The van der Waals surface area contributed by atoms with Gasteiger partial charge in [-0.2, -0.15) is 0 Å². The van der Waals surface area contributed by atoms with Gasteiger partial charge in [0.1, 0.15) is 24.4 Å². The van der Waals surface area contributed by atoms with Crippen LogP contribution in [0.5, 0.6) is 0 Å². The molecule has 0 aromatic carbocycles. The molecule has 0 radical (unpaired) electrons. The first-order valence-corrected chi connectivity index (χ1v) is 38.2. The lowest BCUT2D eigenvalue weighted by molar-refractivity contribution is -0.302. The van der Waals surface area contributed by atoms with Crippen molar-refractivity contribution < 1.29 is 49.3 Å². The topological polar surface area (TPSA) is 175 Å². The Balaban J connectivity index is 1.94. The highest BCUT2D eigenvalue weighted by Crippen LogP contribution is 2.23. The second kappa shape index (κ2) is 67.5. The van der Waals surface area contributed by atoms with Gasteiger partial charge in [0.05, 0.1) is 32.0 Å². The monoisotopic (exact) mass is 1270 g/mol. The van der Waals surface area contributed by atoms with Gasteiger partial charge in [-0.1, -0.05) is 311 Å². The average Bonchev–Trinajstić information content (AvgIpc) is 0.989. The molecule has 0 aliphatic carbocycles. The summed E-state index contributed by atoms with van der Waals surface area (Å²) in [5.74, 6) is -0.194. The van der Waals surface area contributed by atoms with E-state index in [0.29, 0.717) is 19.4 Å². The molecular formula is C79H143NO10. The fraction of sp³-hybridized carbons (Fsp3) is 0.823. The van der Waals surface area contributed by atoms with E-state index >= 15 is 0 Å². The van der Waals surface area contributed by atoms with Crippen molar-refractivity contribution in [2.45, 2.75) is 397 Å². The van der Waals surface area contributed by atoms with E-state index in [0.717, 1.165) is 70.6 Å². The summed E-state index contributed by atoms with van der Waals surface area (Å²) in [6.45, 7) is 4.30. The van der Waals surface area contributed by atoms with Gasteiger partial charge >= 0.3 is 5.97 Å². The molecule has 0 aromatic rings. The first kappa shape index (κ1) is 85.1. The third-order valence-electron chi connectivity index (χ3n) is 17.8.